The molecule has 0 saturated heterocycles. The molecule has 1 aromatic carbocycles. The zero-order valence-electron chi connectivity index (χ0n) is 16.9. The number of ether oxygens (including phenoxy) is 1. The number of hydrogen-bond acceptors (Lipinski definition) is 4. The number of nitrogens with one attached hydrogen (secondary N) is 2. The summed E-state index contributed by atoms with van der Waals surface area (Å²) in [7, 11) is 0. The van der Waals surface area contributed by atoms with Crippen molar-refractivity contribution in [3.05, 3.63) is 54.0 Å². The molecule has 6 nitrogen and oxygen atoms in total. The maximum atomic E-state index is 10.5. The maximum absolute atomic E-state index is 10.5. The van der Waals surface area contributed by atoms with Crippen molar-refractivity contribution in [1.82, 2.24) is 10.6 Å². The summed E-state index contributed by atoms with van der Waals surface area (Å²) in [6, 6.07) is 11.4. The third-order valence-electron chi connectivity index (χ3n) is 3.82. The van der Waals surface area contributed by atoms with Crippen LogP contribution in [0.25, 0.3) is 0 Å². The van der Waals surface area contributed by atoms with Crippen molar-refractivity contribution in [3.8, 4) is 5.75 Å². The average molecular weight is 501 g/mol. The van der Waals surface area contributed by atoms with Gasteiger partial charge >= 0.3 is 0 Å². The number of benzene rings is 1. The predicted octanol–water partition coefficient (Wildman–Crippen LogP) is 3.91. The van der Waals surface area contributed by atoms with Crippen molar-refractivity contribution in [2.24, 2.45) is 4.99 Å². The van der Waals surface area contributed by atoms with Crippen LogP contribution in [0.1, 0.15) is 44.6 Å². The van der Waals surface area contributed by atoms with Gasteiger partial charge in [0.05, 0.1) is 25.0 Å². The molecule has 28 heavy (non-hydrogen) atoms. The van der Waals surface area contributed by atoms with Crippen LogP contribution in [-0.2, 0) is 6.42 Å². The van der Waals surface area contributed by atoms with Crippen LogP contribution < -0.4 is 15.4 Å². The van der Waals surface area contributed by atoms with Crippen molar-refractivity contribution >= 4 is 29.9 Å². The summed E-state index contributed by atoms with van der Waals surface area (Å²) in [6.07, 6.45) is 2.85. The van der Waals surface area contributed by atoms with Crippen LogP contribution in [-0.4, -0.2) is 36.8 Å². The quantitative estimate of drug-likeness (QED) is 0.262. The van der Waals surface area contributed by atoms with Crippen LogP contribution in [0.2, 0.25) is 0 Å². The molecule has 0 aliphatic carbocycles. The van der Waals surface area contributed by atoms with Gasteiger partial charge in [-0.15, -0.1) is 24.0 Å². The second-order valence-electron chi connectivity index (χ2n) is 6.63. The fraction of sp³-hybridized carbons (Fsp3) is 0.476. The molecule has 1 unspecified atom stereocenters. The van der Waals surface area contributed by atoms with Gasteiger partial charge in [-0.25, -0.2) is 0 Å². The first-order chi connectivity index (χ1) is 13.1. The van der Waals surface area contributed by atoms with Crippen LogP contribution in [0.4, 0.5) is 0 Å². The topological polar surface area (TPSA) is 79.0 Å². The van der Waals surface area contributed by atoms with Crippen LogP contribution in [0.3, 0.4) is 0 Å². The first-order valence-electron chi connectivity index (χ1n) is 9.57. The summed E-state index contributed by atoms with van der Waals surface area (Å²) in [5.41, 5.74) is 0.794. The van der Waals surface area contributed by atoms with E-state index in [2.05, 4.69) is 22.5 Å². The van der Waals surface area contributed by atoms with Crippen molar-refractivity contribution in [1.29, 1.82) is 0 Å². The maximum Gasteiger partial charge on any atom is 0.191 e. The molecular formula is C21H32IN3O3. The Bertz CT molecular complexity index is 690. The van der Waals surface area contributed by atoms with E-state index in [0.29, 0.717) is 12.5 Å². The van der Waals surface area contributed by atoms with Gasteiger partial charge < -0.3 is 24.9 Å². The first-order valence-corrected chi connectivity index (χ1v) is 9.57. The molecule has 7 heteroatoms. The third kappa shape index (κ3) is 8.97. The largest absolute Gasteiger partial charge is 0.491 e. The summed E-state index contributed by atoms with van der Waals surface area (Å²) < 4.78 is 11.0. The van der Waals surface area contributed by atoms with Crippen molar-refractivity contribution < 1.29 is 14.3 Å². The highest BCUT2D eigenvalue weighted by Crippen LogP contribution is 2.20. The Morgan fingerprint density at radius 2 is 1.96 bits per heavy atom. The minimum Gasteiger partial charge on any atom is -0.491 e. The Kier molecular flexibility index (Phi) is 11.7. The van der Waals surface area contributed by atoms with E-state index in [0.717, 1.165) is 36.5 Å². The number of rotatable bonds is 10. The zero-order chi connectivity index (χ0) is 19.5. The van der Waals surface area contributed by atoms with Gasteiger partial charge in [-0.1, -0.05) is 19.1 Å². The molecular weight excluding hydrogens is 469 g/mol. The zero-order valence-corrected chi connectivity index (χ0v) is 19.2. The number of aliphatic hydroxyl groups is 1. The summed E-state index contributed by atoms with van der Waals surface area (Å²) >= 11 is 0. The summed E-state index contributed by atoms with van der Waals surface area (Å²) in [5, 5.41) is 17.0. The van der Waals surface area contributed by atoms with Gasteiger partial charge in [0.25, 0.3) is 0 Å². The van der Waals surface area contributed by atoms with Gasteiger partial charge in [-0.05, 0) is 50.1 Å². The molecule has 1 atom stereocenters. The molecule has 3 N–H and O–H groups in total. The predicted molar refractivity (Wildman–Crippen MR) is 124 cm³/mol. The molecule has 0 aliphatic rings. The van der Waals surface area contributed by atoms with Crippen LogP contribution >= 0.6 is 24.0 Å². The molecule has 2 aromatic rings. The highest BCUT2D eigenvalue weighted by atomic mass is 127. The lowest BCUT2D eigenvalue weighted by Crippen LogP contribution is -2.39. The van der Waals surface area contributed by atoms with E-state index in [1.54, 1.807) is 6.26 Å². The van der Waals surface area contributed by atoms with E-state index >= 15 is 0 Å². The molecule has 1 heterocycles. The number of guanidine groups is 1. The van der Waals surface area contributed by atoms with Crippen LogP contribution in [0, 0.1) is 0 Å². The Hall–Kier alpha value is -1.74. The van der Waals surface area contributed by atoms with Crippen molar-refractivity contribution in [2.75, 3.05) is 19.6 Å². The number of hydrogen-bond donors (Lipinski definition) is 3. The molecule has 0 spiro atoms. The standard InChI is InChI=1S/C21H31N3O3.HI/c1-4-11-22-21(23-12-10-18-9-6-13-26-18)24-15-20(25)17-7-5-8-19(14-17)27-16(2)3;/h5-9,13-14,16,20,25H,4,10-12,15H2,1-3H3,(H2,22,23,24);1H. The SMILES string of the molecule is CCCNC(=NCC(O)c1cccc(OC(C)C)c1)NCCc1ccco1.I. The number of nitrogens with zero attached hydrogens (tertiary/aromatic N) is 1. The normalized spacial score (nSPS) is 12.4. The molecule has 1 aromatic heterocycles. The Labute approximate surface area is 184 Å². The van der Waals surface area contributed by atoms with E-state index in [9.17, 15) is 5.11 Å². The number of aliphatic hydroxyl groups excluding tert-OH is 1. The number of aliphatic imine (C=N–C) groups is 1. The van der Waals surface area contributed by atoms with E-state index in [-0.39, 0.29) is 36.6 Å². The monoisotopic (exact) mass is 501 g/mol. The molecule has 0 saturated carbocycles. The van der Waals surface area contributed by atoms with Gasteiger partial charge in [-0.2, -0.15) is 0 Å². The van der Waals surface area contributed by atoms with Crippen LogP contribution in [0.5, 0.6) is 5.75 Å². The lowest BCUT2D eigenvalue weighted by atomic mass is 10.1. The van der Waals surface area contributed by atoms with Gasteiger partial charge in [0, 0.05) is 19.5 Å². The van der Waals surface area contributed by atoms with Crippen molar-refractivity contribution in [3.63, 3.8) is 0 Å². The minimum atomic E-state index is -0.689. The third-order valence-corrected chi connectivity index (χ3v) is 3.82. The Balaban J connectivity index is 0.00000392. The molecule has 0 aliphatic heterocycles. The van der Waals surface area contributed by atoms with E-state index in [1.807, 2.05) is 50.2 Å². The van der Waals surface area contributed by atoms with E-state index in [1.165, 1.54) is 0 Å². The smallest absolute Gasteiger partial charge is 0.191 e. The van der Waals surface area contributed by atoms with E-state index < -0.39 is 6.10 Å². The lowest BCUT2D eigenvalue weighted by molar-refractivity contribution is 0.185. The Morgan fingerprint density at radius 1 is 1.18 bits per heavy atom. The average Bonchev–Trinajstić information content (AvgIpc) is 3.16. The van der Waals surface area contributed by atoms with Gasteiger partial charge in [0.2, 0.25) is 0 Å². The molecule has 0 amide bonds. The van der Waals surface area contributed by atoms with Gasteiger partial charge in [0.15, 0.2) is 5.96 Å². The lowest BCUT2D eigenvalue weighted by Gasteiger charge is -2.15. The highest BCUT2D eigenvalue weighted by molar-refractivity contribution is 14.0. The van der Waals surface area contributed by atoms with Gasteiger partial charge in [0.1, 0.15) is 11.5 Å². The summed E-state index contributed by atoms with van der Waals surface area (Å²) in [5.74, 6) is 2.38. The molecule has 156 valence electrons. The molecule has 0 fully saturated rings. The second kappa shape index (κ2) is 13.4. The summed E-state index contributed by atoms with van der Waals surface area (Å²) in [6.45, 7) is 7.85. The van der Waals surface area contributed by atoms with Crippen LogP contribution in [0.15, 0.2) is 52.1 Å². The first kappa shape index (κ1) is 24.3. The fourth-order valence-corrected chi connectivity index (χ4v) is 2.53. The van der Waals surface area contributed by atoms with E-state index in [4.69, 9.17) is 9.15 Å². The number of halogens is 1. The highest BCUT2D eigenvalue weighted by Gasteiger charge is 2.09. The van der Waals surface area contributed by atoms with Gasteiger partial charge in [-0.3, -0.25) is 4.99 Å². The molecule has 0 radical (unpaired) electrons. The second-order valence-corrected chi connectivity index (χ2v) is 6.63. The molecule has 0 bridgehead atoms. The fourth-order valence-electron chi connectivity index (χ4n) is 2.53. The molecule has 2 rings (SSSR count). The minimum absolute atomic E-state index is 0. The number of furan rings is 1. The van der Waals surface area contributed by atoms with Crippen molar-refractivity contribution in [2.45, 2.75) is 45.8 Å². The Morgan fingerprint density at radius 3 is 2.64 bits per heavy atom. The summed E-state index contributed by atoms with van der Waals surface area (Å²) in [4.78, 5) is 4.52.